The standard InChI is InChI=1S/C51H60N12O13/c1-3-51(73)33-22-39-43-31(26-63(39)48(71)32(33)27-75-49(51)72)30(29-13-7-8-14-34(29)59-43)24-57-76-20-19-54-40(64)17-9-15-36-46(69)61-37(21-28-11-5-4-6-12-28)47(70)62-38(23-42(66)74-2)44(67)56-25-41(65)58-35(45(68)60-36)16-10-18-55-50(52)53/h4-8,11-14,22,24,35-38,73H,3,9-10,15-21,23,25-27H2,1-2H3,(H,54,64)(H,56,67)(H,58,65)(H,60,68)(H,61,69)(H,62,70)(H4,52,53,55)/t35?,36?,37?,38?,51-/m0/s1. The zero-order valence-corrected chi connectivity index (χ0v) is 41.8. The molecule has 3 aliphatic rings. The molecule has 2 aromatic heterocycles. The molecule has 25 nitrogen and oxygen atoms in total. The Morgan fingerprint density at radius 2 is 1.58 bits per heavy atom. The average molecular weight is 1050 g/mol. The van der Waals surface area contributed by atoms with E-state index in [-0.39, 0.29) is 94.9 Å². The summed E-state index contributed by atoms with van der Waals surface area (Å²) < 4.78 is 11.5. The van der Waals surface area contributed by atoms with Crippen LogP contribution in [-0.2, 0) is 77.8 Å². The number of aliphatic hydroxyl groups is 1. The number of aromatic nitrogens is 2. The number of nitrogens with two attached hydrogens (primary N) is 1. The molecule has 0 spiro atoms. The number of para-hydroxylation sites is 1. The largest absolute Gasteiger partial charge is 0.469 e. The molecule has 6 amide bonds. The van der Waals surface area contributed by atoms with Crippen LogP contribution in [0, 0.1) is 5.41 Å². The zero-order valence-electron chi connectivity index (χ0n) is 41.8. The Morgan fingerprint density at radius 1 is 0.895 bits per heavy atom. The Labute approximate surface area is 434 Å². The number of methoxy groups -OCH3 is 1. The molecule has 11 N–H and O–H groups in total. The molecular weight excluding hydrogens is 989 g/mol. The number of cyclic esters (lactones) is 1. The summed E-state index contributed by atoms with van der Waals surface area (Å²) in [6, 6.07) is 12.1. The van der Waals surface area contributed by atoms with Gasteiger partial charge in [0, 0.05) is 41.5 Å². The van der Waals surface area contributed by atoms with Crippen LogP contribution in [-0.4, -0.2) is 132 Å². The maximum Gasteiger partial charge on any atom is 0.343 e. The Hall–Kier alpha value is -8.74. The summed E-state index contributed by atoms with van der Waals surface area (Å²) in [4.78, 5) is 131. The smallest absolute Gasteiger partial charge is 0.343 e. The number of nitrogens with one attached hydrogen (secondary N) is 8. The number of oxime groups is 1. The van der Waals surface area contributed by atoms with E-state index in [1.54, 1.807) is 49.4 Å². The highest BCUT2D eigenvalue weighted by atomic mass is 16.6. The predicted octanol–water partition coefficient (Wildman–Crippen LogP) is -1.15. The molecule has 7 rings (SSSR count). The monoisotopic (exact) mass is 1050 g/mol. The van der Waals surface area contributed by atoms with Crippen molar-refractivity contribution in [1.82, 2.24) is 46.8 Å². The van der Waals surface area contributed by atoms with E-state index in [1.807, 2.05) is 18.2 Å². The number of nitrogens with zero attached hydrogens (tertiary/aromatic N) is 3. The molecule has 0 saturated carbocycles. The van der Waals surface area contributed by atoms with E-state index in [9.17, 15) is 48.3 Å². The molecule has 1 fully saturated rings. The van der Waals surface area contributed by atoms with E-state index in [0.717, 1.165) is 12.5 Å². The molecule has 76 heavy (non-hydrogen) atoms. The summed E-state index contributed by atoms with van der Waals surface area (Å²) in [5.41, 5.74) is 6.77. The summed E-state index contributed by atoms with van der Waals surface area (Å²) in [6.45, 7) is 0.936. The molecule has 5 heterocycles. The third-order valence-electron chi connectivity index (χ3n) is 13.1. The Bertz CT molecular complexity index is 3000. The van der Waals surface area contributed by atoms with Gasteiger partial charge in [-0.05, 0) is 49.8 Å². The zero-order chi connectivity index (χ0) is 54.5. The molecule has 402 valence electrons. The molecule has 1 saturated heterocycles. The number of amides is 6. The number of ether oxygens (including phenoxy) is 2. The number of fused-ring (bicyclic) bond motifs is 5. The van der Waals surface area contributed by atoms with Gasteiger partial charge in [-0.15, -0.1) is 0 Å². The molecule has 2 aromatic carbocycles. The van der Waals surface area contributed by atoms with Crippen molar-refractivity contribution in [3.63, 3.8) is 0 Å². The Balaban J connectivity index is 1.02. The van der Waals surface area contributed by atoms with Crippen molar-refractivity contribution in [3.8, 4) is 11.4 Å². The summed E-state index contributed by atoms with van der Waals surface area (Å²) in [7, 11) is 1.10. The van der Waals surface area contributed by atoms with Gasteiger partial charge in [-0.3, -0.25) is 43.8 Å². The van der Waals surface area contributed by atoms with Gasteiger partial charge in [0.15, 0.2) is 11.6 Å². The minimum absolute atomic E-state index is 0.0000906. The van der Waals surface area contributed by atoms with Crippen molar-refractivity contribution < 1.29 is 57.8 Å². The molecule has 0 bridgehead atoms. The molecule has 0 aliphatic carbocycles. The van der Waals surface area contributed by atoms with Gasteiger partial charge in [-0.25, -0.2) is 9.78 Å². The molecule has 3 aliphatic heterocycles. The second-order valence-electron chi connectivity index (χ2n) is 18.3. The van der Waals surface area contributed by atoms with Crippen LogP contribution in [0.25, 0.3) is 22.3 Å². The van der Waals surface area contributed by atoms with Crippen LogP contribution in [0.1, 0.15) is 79.7 Å². The van der Waals surface area contributed by atoms with Crippen LogP contribution in [0.15, 0.2) is 70.6 Å². The first-order chi connectivity index (χ1) is 36.5. The number of hydrogen-bond donors (Lipinski definition) is 10. The third-order valence-corrected chi connectivity index (χ3v) is 13.1. The summed E-state index contributed by atoms with van der Waals surface area (Å²) in [6.07, 6.45) is 0.845. The van der Waals surface area contributed by atoms with Crippen LogP contribution in [0.4, 0.5) is 0 Å². The number of esters is 2. The van der Waals surface area contributed by atoms with E-state index >= 15 is 0 Å². The maximum absolute atomic E-state index is 14.2. The number of benzene rings is 2. The highest BCUT2D eigenvalue weighted by Gasteiger charge is 2.45. The highest BCUT2D eigenvalue weighted by molar-refractivity contribution is 6.02. The van der Waals surface area contributed by atoms with E-state index in [0.29, 0.717) is 33.6 Å². The fraction of sp³-hybridized carbons (Fsp3) is 0.412. The fourth-order valence-corrected chi connectivity index (χ4v) is 9.08. The number of rotatable bonds is 18. The van der Waals surface area contributed by atoms with Crippen molar-refractivity contribution in [3.05, 3.63) is 98.8 Å². The minimum atomic E-state index is -1.99. The van der Waals surface area contributed by atoms with Gasteiger partial charge in [0.1, 0.15) is 37.4 Å². The SMILES string of the molecule is CC[C@@]1(O)C(=O)OCc2c1cc1n(c2=O)Cc2c-1nc1ccccc1c2C=NOCCNC(=O)CCCC1NC(=O)C(CCCNC(=N)N)NC(=O)CNC(=O)C(CC(=O)OC)NC(=O)C(Cc2ccccc2)NC1=O. The number of pyridine rings is 2. The van der Waals surface area contributed by atoms with Crippen molar-refractivity contribution in [2.24, 2.45) is 10.9 Å². The van der Waals surface area contributed by atoms with Gasteiger partial charge in [0.25, 0.3) is 5.56 Å². The normalized spacial score (nSPS) is 20.7. The van der Waals surface area contributed by atoms with Gasteiger partial charge >= 0.3 is 11.9 Å². The number of carbonyl (C=O) groups excluding carboxylic acids is 8. The molecule has 0 radical (unpaired) electrons. The molecule has 25 heteroatoms. The van der Waals surface area contributed by atoms with Gasteiger partial charge in [-0.1, -0.05) is 60.6 Å². The first kappa shape index (κ1) is 55.0. The second kappa shape index (κ2) is 25.0. The van der Waals surface area contributed by atoms with Crippen molar-refractivity contribution in [2.75, 3.05) is 33.4 Å². The Morgan fingerprint density at radius 3 is 2.32 bits per heavy atom. The molecule has 4 aromatic rings. The average Bonchev–Trinajstić information content (AvgIpc) is 3.78. The van der Waals surface area contributed by atoms with Gasteiger partial charge < -0.3 is 66.9 Å². The quantitative estimate of drug-likeness (QED) is 0.0163. The van der Waals surface area contributed by atoms with E-state index in [1.165, 1.54) is 10.8 Å². The molecule has 4 unspecified atom stereocenters. The fourth-order valence-electron chi connectivity index (χ4n) is 9.08. The topological polar surface area (TPSA) is 366 Å². The van der Waals surface area contributed by atoms with Crippen LogP contribution in [0.3, 0.4) is 0 Å². The lowest BCUT2D eigenvalue weighted by Gasteiger charge is -2.31. The van der Waals surface area contributed by atoms with Crippen LogP contribution < -0.4 is 48.5 Å². The lowest BCUT2D eigenvalue weighted by atomic mass is 9.86. The summed E-state index contributed by atoms with van der Waals surface area (Å²) in [5.74, 6) is -6.59. The Kier molecular flexibility index (Phi) is 18.1. The lowest BCUT2D eigenvalue weighted by molar-refractivity contribution is -0.172. The number of hydrogen-bond acceptors (Lipinski definition) is 16. The van der Waals surface area contributed by atoms with Crippen LogP contribution in [0.5, 0.6) is 0 Å². The van der Waals surface area contributed by atoms with Gasteiger partial charge in [0.2, 0.25) is 35.4 Å². The molecular formula is C51H60N12O13. The number of carbonyl (C=O) groups is 8. The number of guanidine groups is 1. The predicted molar refractivity (Wildman–Crippen MR) is 272 cm³/mol. The summed E-state index contributed by atoms with van der Waals surface area (Å²) in [5, 5.41) is 41.8. The van der Waals surface area contributed by atoms with Crippen molar-refractivity contribution >= 4 is 70.5 Å². The highest BCUT2D eigenvalue weighted by Crippen LogP contribution is 2.40. The van der Waals surface area contributed by atoms with E-state index in [4.69, 9.17) is 30.4 Å². The maximum atomic E-state index is 14.2. The van der Waals surface area contributed by atoms with E-state index in [2.05, 4.69) is 42.4 Å². The van der Waals surface area contributed by atoms with Gasteiger partial charge in [-0.2, -0.15) is 0 Å². The molecule has 5 atom stereocenters. The van der Waals surface area contributed by atoms with Crippen LogP contribution >= 0.6 is 0 Å². The first-order valence-electron chi connectivity index (χ1n) is 24.7. The third kappa shape index (κ3) is 13.1. The van der Waals surface area contributed by atoms with Crippen molar-refractivity contribution in [2.45, 2.75) is 101 Å². The van der Waals surface area contributed by atoms with Crippen LogP contribution in [0.2, 0.25) is 0 Å². The lowest BCUT2D eigenvalue weighted by Crippen LogP contribution is -2.58. The van der Waals surface area contributed by atoms with Crippen molar-refractivity contribution in [1.29, 1.82) is 5.41 Å². The second-order valence-corrected chi connectivity index (χ2v) is 18.3. The minimum Gasteiger partial charge on any atom is -0.469 e. The first-order valence-corrected chi connectivity index (χ1v) is 24.7. The van der Waals surface area contributed by atoms with Gasteiger partial charge in [0.05, 0.1) is 61.8 Å². The summed E-state index contributed by atoms with van der Waals surface area (Å²) >= 11 is 0. The van der Waals surface area contributed by atoms with E-state index < -0.39 is 95.7 Å².